The van der Waals surface area contributed by atoms with E-state index in [4.69, 9.17) is 0 Å². The van der Waals surface area contributed by atoms with Crippen molar-refractivity contribution in [3.63, 3.8) is 0 Å². The van der Waals surface area contributed by atoms with Crippen LogP contribution in [-0.4, -0.2) is 0 Å². The van der Waals surface area contributed by atoms with E-state index in [0.717, 1.165) is 24.5 Å². The minimum Gasteiger partial charge on any atom is -0.206 e. The molecule has 0 saturated heterocycles. The van der Waals surface area contributed by atoms with Crippen molar-refractivity contribution in [3.8, 4) is 11.1 Å². The quantitative estimate of drug-likeness (QED) is 0.176. The van der Waals surface area contributed by atoms with Gasteiger partial charge in [-0.05, 0) is 84.5 Å². The molecule has 0 spiro atoms. The summed E-state index contributed by atoms with van der Waals surface area (Å²) in [5.74, 6) is -2.14. The maximum Gasteiger partial charge on any atom is 0.419 e. The molecule has 0 aliphatic carbocycles. The Morgan fingerprint density at radius 3 is 2.14 bits per heavy atom. The average molecular weight is 499 g/mol. The van der Waals surface area contributed by atoms with Gasteiger partial charge < -0.3 is 0 Å². The van der Waals surface area contributed by atoms with Crippen LogP contribution in [0.15, 0.2) is 78.9 Å². The third-order valence-corrected chi connectivity index (χ3v) is 6.24. The molecule has 0 atom stereocenters. The number of hydrogen-bond donors (Lipinski definition) is 0. The summed E-state index contributed by atoms with van der Waals surface area (Å²) in [6.07, 6.45) is 1.17. The third-order valence-electron chi connectivity index (χ3n) is 6.24. The van der Waals surface area contributed by atoms with Crippen molar-refractivity contribution in [3.05, 3.63) is 119 Å². The van der Waals surface area contributed by atoms with Gasteiger partial charge in [-0.2, -0.15) is 13.2 Å². The van der Waals surface area contributed by atoms with Crippen molar-refractivity contribution in [2.75, 3.05) is 0 Å². The number of benzene rings is 4. The second-order valence-electron chi connectivity index (χ2n) is 8.71. The van der Waals surface area contributed by atoms with Crippen LogP contribution in [0, 0.1) is 17.5 Å². The topological polar surface area (TPSA) is 0 Å². The SMILES string of the molecule is C/C=C/CCc1ccc(-c2ccc3c(F)c(CCc4ccc(C(F)(F)F)c(F)c4)ccc3c2)c(F)c1. The van der Waals surface area contributed by atoms with Crippen molar-refractivity contribution in [2.24, 2.45) is 0 Å². The zero-order valence-corrected chi connectivity index (χ0v) is 19.6. The van der Waals surface area contributed by atoms with Gasteiger partial charge in [-0.1, -0.05) is 54.6 Å². The Labute approximate surface area is 205 Å². The number of halogens is 6. The molecule has 0 amide bonds. The van der Waals surface area contributed by atoms with Gasteiger partial charge >= 0.3 is 6.18 Å². The maximum absolute atomic E-state index is 15.2. The highest BCUT2D eigenvalue weighted by molar-refractivity contribution is 5.88. The molecule has 36 heavy (non-hydrogen) atoms. The highest BCUT2D eigenvalue weighted by atomic mass is 19.4. The molecule has 0 radical (unpaired) electrons. The summed E-state index contributed by atoms with van der Waals surface area (Å²) in [5.41, 5.74) is 1.36. The number of aryl methyl sites for hydroxylation is 3. The lowest BCUT2D eigenvalue weighted by Crippen LogP contribution is -2.08. The molecule has 0 aromatic heterocycles. The number of rotatable bonds is 7. The fourth-order valence-electron chi connectivity index (χ4n) is 4.29. The fourth-order valence-corrected chi connectivity index (χ4v) is 4.29. The normalized spacial score (nSPS) is 12.1. The van der Waals surface area contributed by atoms with E-state index in [2.05, 4.69) is 0 Å². The zero-order valence-electron chi connectivity index (χ0n) is 19.6. The number of hydrogen-bond acceptors (Lipinski definition) is 0. The monoisotopic (exact) mass is 498 g/mol. The average Bonchev–Trinajstić information content (AvgIpc) is 2.83. The lowest BCUT2D eigenvalue weighted by atomic mass is 9.96. The molecule has 186 valence electrons. The van der Waals surface area contributed by atoms with Crippen LogP contribution in [0.25, 0.3) is 21.9 Å². The smallest absolute Gasteiger partial charge is 0.206 e. The van der Waals surface area contributed by atoms with Crippen LogP contribution in [0.2, 0.25) is 0 Å². The summed E-state index contributed by atoms with van der Waals surface area (Å²) in [6.45, 7) is 1.94. The largest absolute Gasteiger partial charge is 0.419 e. The maximum atomic E-state index is 15.2. The Balaban J connectivity index is 1.53. The standard InChI is InChI=1S/C30H24F6/c1-2-3-4-5-19-7-13-24(27(31)16-19)22-12-14-25-23(18-22)11-10-21(29(25)33)9-6-20-8-15-26(28(32)17-20)30(34,35)36/h2-3,7-8,10-18H,4-6,9H2,1H3/b3-2+. The van der Waals surface area contributed by atoms with Gasteiger partial charge in [0.1, 0.15) is 17.5 Å². The Hall–Kier alpha value is -3.54. The van der Waals surface area contributed by atoms with Gasteiger partial charge in [-0.3, -0.25) is 0 Å². The molecule has 0 heterocycles. The van der Waals surface area contributed by atoms with E-state index in [9.17, 15) is 22.0 Å². The molecule has 4 aromatic rings. The van der Waals surface area contributed by atoms with E-state index in [1.165, 1.54) is 12.1 Å². The van der Waals surface area contributed by atoms with E-state index in [-0.39, 0.29) is 18.7 Å². The molecule has 0 fully saturated rings. The number of alkyl halides is 3. The molecule has 4 rings (SSSR count). The predicted molar refractivity (Wildman–Crippen MR) is 131 cm³/mol. The van der Waals surface area contributed by atoms with Crippen molar-refractivity contribution in [2.45, 2.75) is 38.8 Å². The third kappa shape index (κ3) is 5.64. The molecule has 0 nitrogen and oxygen atoms in total. The summed E-state index contributed by atoms with van der Waals surface area (Å²) < 4.78 is 82.1. The van der Waals surface area contributed by atoms with E-state index in [1.807, 2.05) is 25.1 Å². The first-order valence-electron chi connectivity index (χ1n) is 11.6. The Morgan fingerprint density at radius 2 is 1.44 bits per heavy atom. The van der Waals surface area contributed by atoms with Gasteiger partial charge in [0.05, 0.1) is 5.56 Å². The van der Waals surface area contributed by atoms with Gasteiger partial charge in [-0.15, -0.1) is 0 Å². The molecule has 0 saturated carbocycles. The minimum absolute atomic E-state index is 0.182. The first-order valence-corrected chi connectivity index (χ1v) is 11.6. The van der Waals surface area contributed by atoms with Crippen molar-refractivity contribution >= 4 is 10.8 Å². The van der Waals surface area contributed by atoms with E-state index in [0.29, 0.717) is 39.1 Å². The first kappa shape index (κ1) is 25.5. The van der Waals surface area contributed by atoms with Crippen LogP contribution >= 0.6 is 0 Å². The second kappa shape index (κ2) is 10.6. The van der Waals surface area contributed by atoms with Crippen LogP contribution in [-0.2, 0) is 25.4 Å². The molecule has 4 aromatic carbocycles. The second-order valence-corrected chi connectivity index (χ2v) is 8.71. The zero-order chi connectivity index (χ0) is 25.9. The molecule has 0 unspecified atom stereocenters. The Bertz CT molecular complexity index is 1420. The van der Waals surface area contributed by atoms with Crippen molar-refractivity contribution in [1.29, 1.82) is 0 Å². The van der Waals surface area contributed by atoms with Crippen molar-refractivity contribution < 1.29 is 26.3 Å². The van der Waals surface area contributed by atoms with Gasteiger partial charge in [0.25, 0.3) is 0 Å². The predicted octanol–water partition coefficient (Wildman–Crippen LogP) is 9.24. The molecule has 0 bridgehead atoms. The molecule has 0 N–H and O–H groups in total. The lowest BCUT2D eigenvalue weighted by molar-refractivity contribution is -0.140. The minimum atomic E-state index is -4.76. The van der Waals surface area contributed by atoms with Gasteiger partial charge in [0.2, 0.25) is 0 Å². The van der Waals surface area contributed by atoms with Crippen LogP contribution in [0.3, 0.4) is 0 Å². The van der Waals surface area contributed by atoms with Crippen LogP contribution in [0.5, 0.6) is 0 Å². The summed E-state index contributed by atoms with van der Waals surface area (Å²) in [5, 5.41) is 0.962. The highest BCUT2D eigenvalue weighted by Gasteiger charge is 2.33. The first-order chi connectivity index (χ1) is 17.2. The highest BCUT2D eigenvalue weighted by Crippen LogP contribution is 2.33. The van der Waals surface area contributed by atoms with Crippen LogP contribution in [0.1, 0.15) is 35.6 Å². The summed E-state index contributed by atoms with van der Waals surface area (Å²) in [7, 11) is 0. The molecular weight excluding hydrogens is 474 g/mol. The van der Waals surface area contributed by atoms with Gasteiger partial charge in [-0.25, -0.2) is 13.2 Å². The number of fused-ring (bicyclic) bond motifs is 1. The lowest BCUT2D eigenvalue weighted by Gasteiger charge is -2.11. The Kier molecular flexibility index (Phi) is 7.53. The van der Waals surface area contributed by atoms with E-state index >= 15 is 4.39 Å². The molecule has 0 aliphatic rings. The van der Waals surface area contributed by atoms with E-state index in [1.54, 1.807) is 36.4 Å². The number of allylic oxidation sites excluding steroid dienone is 2. The van der Waals surface area contributed by atoms with Crippen LogP contribution < -0.4 is 0 Å². The summed E-state index contributed by atoms with van der Waals surface area (Å²) >= 11 is 0. The Morgan fingerprint density at radius 1 is 0.722 bits per heavy atom. The van der Waals surface area contributed by atoms with Crippen LogP contribution in [0.4, 0.5) is 26.3 Å². The molecular formula is C30H24F6. The van der Waals surface area contributed by atoms with E-state index < -0.39 is 23.4 Å². The van der Waals surface area contributed by atoms with Crippen molar-refractivity contribution in [1.82, 2.24) is 0 Å². The molecule has 6 heteroatoms. The van der Waals surface area contributed by atoms with Gasteiger partial charge in [0, 0.05) is 10.9 Å². The van der Waals surface area contributed by atoms with Gasteiger partial charge in [0.15, 0.2) is 0 Å². The summed E-state index contributed by atoms with van der Waals surface area (Å²) in [6, 6.07) is 16.2. The fraction of sp³-hybridized carbons (Fsp3) is 0.200. The molecule has 0 aliphatic heterocycles. The summed E-state index contributed by atoms with van der Waals surface area (Å²) in [4.78, 5) is 0.